The summed E-state index contributed by atoms with van der Waals surface area (Å²) in [7, 11) is -0.600. The number of aromatic nitrogens is 1. The van der Waals surface area contributed by atoms with Crippen LogP contribution in [0.3, 0.4) is 0 Å². The molecule has 0 amide bonds. The fourth-order valence-electron chi connectivity index (χ4n) is 3.38. The number of ether oxygens (including phenoxy) is 1. The Balaban J connectivity index is 1.64. The molecule has 0 unspecified atom stereocenters. The van der Waals surface area contributed by atoms with Gasteiger partial charge >= 0.3 is 5.97 Å². The van der Waals surface area contributed by atoms with E-state index in [0.717, 1.165) is 5.82 Å². The van der Waals surface area contributed by atoms with Gasteiger partial charge in [0, 0.05) is 37.9 Å². The molecule has 0 saturated carbocycles. The lowest BCUT2D eigenvalue weighted by Gasteiger charge is -2.37. The number of hydrogen-bond donors (Lipinski definition) is 0. The average Bonchev–Trinajstić information content (AvgIpc) is 2.77. The van der Waals surface area contributed by atoms with Crippen molar-refractivity contribution in [3.8, 4) is 0 Å². The molecule has 0 N–H and O–H groups in total. The number of hydrogen-bond acceptors (Lipinski definition) is 6. The first-order valence-corrected chi connectivity index (χ1v) is 13.9. The van der Waals surface area contributed by atoms with E-state index < -0.39 is 14.3 Å². The van der Waals surface area contributed by atoms with Crippen molar-refractivity contribution in [2.45, 2.75) is 45.5 Å². The molecule has 0 aliphatic carbocycles. The van der Waals surface area contributed by atoms with Crippen molar-refractivity contribution in [2.75, 3.05) is 43.1 Å². The Morgan fingerprint density at radius 3 is 2.31 bits per heavy atom. The molecule has 0 spiro atoms. The summed E-state index contributed by atoms with van der Waals surface area (Å²) in [6.45, 7) is 14.0. The van der Waals surface area contributed by atoms with Crippen LogP contribution in [-0.4, -0.2) is 52.6 Å². The summed E-state index contributed by atoms with van der Waals surface area (Å²) in [4.78, 5) is 20.2. The summed E-state index contributed by atoms with van der Waals surface area (Å²) in [6.07, 6.45) is 1.53. The maximum absolute atomic E-state index is 15.3. The van der Waals surface area contributed by atoms with Crippen LogP contribution >= 0.6 is 0 Å². The van der Waals surface area contributed by atoms with E-state index in [9.17, 15) is 4.79 Å². The van der Waals surface area contributed by atoms with E-state index >= 15 is 4.39 Å². The van der Waals surface area contributed by atoms with E-state index in [1.54, 1.807) is 6.07 Å². The summed E-state index contributed by atoms with van der Waals surface area (Å²) in [5, 5.41) is 0.0838. The summed E-state index contributed by atoms with van der Waals surface area (Å²) < 4.78 is 26.3. The van der Waals surface area contributed by atoms with Crippen LogP contribution in [0.15, 0.2) is 36.5 Å². The molecule has 174 valence electrons. The van der Waals surface area contributed by atoms with Crippen molar-refractivity contribution in [1.82, 2.24) is 4.98 Å². The number of methoxy groups -OCH3 is 1. The zero-order valence-corrected chi connectivity index (χ0v) is 20.9. The molecule has 6 nitrogen and oxygen atoms in total. The highest BCUT2D eigenvalue weighted by Gasteiger charge is 2.37. The number of halogens is 1. The molecule has 2 aromatic rings. The first-order valence-electron chi connectivity index (χ1n) is 11.0. The fourth-order valence-corrected chi connectivity index (χ4v) is 4.33. The van der Waals surface area contributed by atoms with Crippen LogP contribution < -0.4 is 9.80 Å². The first kappa shape index (κ1) is 24.2. The lowest BCUT2D eigenvalue weighted by atomic mass is 10.1. The molecular formula is C24H34FN3O3Si. The lowest BCUT2D eigenvalue weighted by molar-refractivity contribution is 0.0600. The number of carbonyl (C=O) groups is 1. The second-order valence-electron chi connectivity index (χ2n) is 9.67. The highest BCUT2D eigenvalue weighted by molar-refractivity contribution is 6.74. The quantitative estimate of drug-likeness (QED) is 0.454. The van der Waals surface area contributed by atoms with Gasteiger partial charge in [-0.05, 0) is 36.3 Å². The van der Waals surface area contributed by atoms with Crippen LogP contribution in [0.2, 0.25) is 18.1 Å². The van der Waals surface area contributed by atoms with Gasteiger partial charge in [0.05, 0.1) is 25.0 Å². The Labute approximate surface area is 191 Å². The van der Waals surface area contributed by atoms with Gasteiger partial charge in [-0.2, -0.15) is 0 Å². The third-order valence-corrected chi connectivity index (χ3v) is 11.0. The molecule has 32 heavy (non-hydrogen) atoms. The summed E-state index contributed by atoms with van der Waals surface area (Å²) in [5.74, 6) is 0.205. The predicted molar refractivity (Wildman–Crippen MR) is 128 cm³/mol. The number of nitrogens with zero attached hydrogens (tertiary/aromatic N) is 3. The molecule has 1 saturated heterocycles. The van der Waals surface area contributed by atoms with Gasteiger partial charge in [-0.15, -0.1) is 0 Å². The number of pyridine rings is 1. The first-order chi connectivity index (χ1) is 15.0. The van der Waals surface area contributed by atoms with Crippen molar-refractivity contribution in [1.29, 1.82) is 0 Å². The topological polar surface area (TPSA) is 54.9 Å². The SMILES string of the molecule is COC(=O)c1ccc(N2CCN(c3cccc(CO[Si](C)(C)C(C)(C)C)c3F)CC2)nc1. The van der Waals surface area contributed by atoms with Crippen molar-refractivity contribution in [3.05, 3.63) is 53.5 Å². The number of esters is 1. The van der Waals surface area contributed by atoms with E-state index in [1.165, 1.54) is 13.3 Å². The van der Waals surface area contributed by atoms with E-state index in [-0.39, 0.29) is 10.9 Å². The van der Waals surface area contributed by atoms with Crippen molar-refractivity contribution in [3.63, 3.8) is 0 Å². The average molecular weight is 460 g/mol. The van der Waals surface area contributed by atoms with Gasteiger partial charge in [-0.25, -0.2) is 14.2 Å². The van der Waals surface area contributed by atoms with E-state index in [4.69, 9.17) is 9.16 Å². The van der Waals surface area contributed by atoms with Gasteiger partial charge in [-0.1, -0.05) is 32.9 Å². The van der Waals surface area contributed by atoms with E-state index in [1.807, 2.05) is 24.3 Å². The Morgan fingerprint density at radius 2 is 1.75 bits per heavy atom. The maximum Gasteiger partial charge on any atom is 0.339 e. The lowest BCUT2D eigenvalue weighted by Crippen LogP contribution is -2.47. The summed E-state index contributed by atoms with van der Waals surface area (Å²) in [6, 6.07) is 9.09. The summed E-state index contributed by atoms with van der Waals surface area (Å²) >= 11 is 0. The third kappa shape index (κ3) is 5.30. The number of benzene rings is 1. The molecule has 2 heterocycles. The zero-order valence-electron chi connectivity index (χ0n) is 19.9. The minimum atomic E-state index is -1.95. The number of piperazine rings is 1. The second kappa shape index (κ2) is 9.58. The minimum Gasteiger partial charge on any atom is -0.465 e. The number of anilines is 2. The number of rotatable bonds is 6. The fraction of sp³-hybridized carbons (Fsp3) is 0.500. The molecule has 1 aromatic heterocycles. The molecule has 0 radical (unpaired) electrons. The Hall–Kier alpha value is -2.45. The second-order valence-corrected chi connectivity index (χ2v) is 14.5. The van der Waals surface area contributed by atoms with Gasteiger partial charge in [0.25, 0.3) is 0 Å². The molecule has 0 atom stereocenters. The Morgan fingerprint density at radius 1 is 1.09 bits per heavy atom. The molecule has 3 rings (SSSR count). The Bertz CT molecular complexity index is 936. The summed E-state index contributed by atoms with van der Waals surface area (Å²) in [5.41, 5.74) is 1.65. The Kier molecular flexibility index (Phi) is 7.24. The zero-order chi connectivity index (χ0) is 23.5. The highest BCUT2D eigenvalue weighted by Crippen LogP contribution is 2.37. The molecule has 1 aliphatic heterocycles. The van der Waals surface area contributed by atoms with Gasteiger partial charge in [0.2, 0.25) is 0 Å². The van der Waals surface area contributed by atoms with Gasteiger partial charge in [0.1, 0.15) is 5.82 Å². The minimum absolute atomic E-state index is 0.0838. The van der Waals surface area contributed by atoms with Gasteiger partial charge in [-0.3, -0.25) is 0 Å². The van der Waals surface area contributed by atoms with E-state index in [0.29, 0.717) is 49.6 Å². The molecule has 0 bridgehead atoms. The van der Waals surface area contributed by atoms with Crippen LogP contribution in [0.25, 0.3) is 0 Å². The predicted octanol–water partition coefficient (Wildman–Crippen LogP) is 4.86. The molecule has 8 heteroatoms. The highest BCUT2D eigenvalue weighted by atomic mass is 28.4. The smallest absolute Gasteiger partial charge is 0.339 e. The molecule has 1 aliphatic rings. The van der Waals surface area contributed by atoms with Crippen LogP contribution in [0.4, 0.5) is 15.9 Å². The van der Waals surface area contributed by atoms with Crippen LogP contribution in [0.5, 0.6) is 0 Å². The monoisotopic (exact) mass is 459 g/mol. The van der Waals surface area contributed by atoms with Crippen molar-refractivity contribution in [2.24, 2.45) is 0 Å². The van der Waals surface area contributed by atoms with Crippen molar-refractivity contribution < 1.29 is 18.3 Å². The largest absolute Gasteiger partial charge is 0.465 e. The van der Waals surface area contributed by atoms with E-state index in [2.05, 4.69) is 48.6 Å². The standard InChI is InChI=1S/C24H34FN3O3Si/c1-24(2,3)32(5,6)31-17-19-8-7-9-20(22(19)25)27-12-14-28(15-13-27)21-11-10-18(16-26-21)23(29)30-4/h7-11,16H,12-15,17H2,1-6H3. The number of carbonyl (C=O) groups excluding carboxylic acids is 1. The normalized spacial score (nSPS) is 15.1. The van der Waals surface area contributed by atoms with Crippen LogP contribution in [-0.2, 0) is 15.8 Å². The molecule has 1 aromatic carbocycles. The van der Waals surface area contributed by atoms with Crippen molar-refractivity contribution >= 4 is 25.8 Å². The van der Waals surface area contributed by atoms with Gasteiger partial charge < -0.3 is 19.0 Å². The van der Waals surface area contributed by atoms with Gasteiger partial charge in [0.15, 0.2) is 14.1 Å². The van der Waals surface area contributed by atoms with Crippen LogP contribution in [0.1, 0.15) is 36.7 Å². The van der Waals surface area contributed by atoms with Crippen LogP contribution in [0, 0.1) is 5.82 Å². The molecular weight excluding hydrogens is 425 g/mol. The molecule has 1 fully saturated rings. The maximum atomic E-state index is 15.3. The third-order valence-electron chi connectivity index (χ3n) is 6.57.